The number of aliphatic imine (C=N–C) groups is 1. The smallest absolute Gasteiger partial charge is 0.190 e. The first-order valence-corrected chi connectivity index (χ1v) is 11.3. The molecule has 0 radical (unpaired) electrons. The molecule has 0 atom stereocenters. The van der Waals surface area contributed by atoms with Crippen LogP contribution in [0.3, 0.4) is 0 Å². The van der Waals surface area contributed by atoms with E-state index in [0.717, 1.165) is 32.1 Å². The standard InChI is InChI=1S/C21H43N5O/c1-3-25-15-17-26(18-16-25)14-8-7-12-23-21(22-2)24-13-9-19-27-20-10-5-4-6-11-20/h20H,3-19H2,1-2H3,(H2,22,23,24). The molecule has 0 aromatic carbocycles. The van der Waals surface area contributed by atoms with Crippen LogP contribution in [-0.4, -0.2) is 87.9 Å². The molecule has 0 aromatic heterocycles. The van der Waals surface area contributed by atoms with E-state index in [1.165, 1.54) is 84.2 Å². The quantitative estimate of drug-likeness (QED) is 0.327. The van der Waals surface area contributed by atoms with Crippen molar-refractivity contribution in [1.29, 1.82) is 0 Å². The highest BCUT2D eigenvalue weighted by Gasteiger charge is 2.14. The molecule has 1 heterocycles. The van der Waals surface area contributed by atoms with Crippen LogP contribution in [0.1, 0.15) is 58.3 Å². The number of piperazine rings is 1. The van der Waals surface area contributed by atoms with Gasteiger partial charge in [-0.15, -0.1) is 0 Å². The second kappa shape index (κ2) is 14.2. The first-order chi connectivity index (χ1) is 13.3. The van der Waals surface area contributed by atoms with Crippen LogP contribution in [0.25, 0.3) is 0 Å². The molecule has 6 nitrogen and oxygen atoms in total. The molecule has 0 aromatic rings. The molecule has 0 bridgehead atoms. The number of ether oxygens (including phenoxy) is 1. The van der Waals surface area contributed by atoms with Gasteiger partial charge in [0, 0.05) is 52.9 Å². The van der Waals surface area contributed by atoms with Crippen LogP contribution in [0.15, 0.2) is 4.99 Å². The zero-order valence-electron chi connectivity index (χ0n) is 17.8. The van der Waals surface area contributed by atoms with E-state index < -0.39 is 0 Å². The minimum Gasteiger partial charge on any atom is -0.378 e. The number of hydrogen-bond donors (Lipinski definition) is 2. The topological polar surface area (TPSA) is 52.1 Å². The van der Waals surface area contributed by atoms with Crippen molar-refractivity contribution in [2.45, 2.75) is 64.4 Å². The lowest BCUT2D eigenvalue weighted by molar-refractivity contribution is 0.0277. The third-order valence-corrected chi connectivity index (χ3v) is 5.85. The lowest BCUT2D eigenvalue weighted by Gasteiger charge is -2.34. The Balaban J connectivity index is 1.41. The maximum absolute atomic E-state index is 5.97. The van der Waals surface area contributed by atoms with Gasteiger partial charge in [0.2, 0.25) is 0 Å². The Morgan fingerprint density at radius 1 is 0.926 bits per heavy atom. The fraction of sp³-hybridized carbons (Fsp3) is 0.952. The van der Waals surface area contributed by atoms with Crippen molar-refractivity contribution in [3.05, 3.63) is 0 Å². The normalized spacial score (nSPS) is 20.7. The highest BCUT2D eigenvalue weighted by Crippen LogP contribution is 2.20. The first kappa shape index (κ1) is 22.4. The SMILES string of the molecule is CCN1CCN(CCCCNC(=NC)NCCCOC2CCCCC2)CC1. The second-order valence-corrected chi connectivity index (χ2v) is 7.89. The van der Waals surface area contributed by atoms with Crippen molar-refractivity contribution in [2.24, 2.45) is 4.99 Å². The van der Waals surface area contributed by atoms with E-state index in [-0.39, 0.29) is 0 Å². The largest absolute Gasteiger partial charge is 0.378 e. The molecule has 0 amide bonds. The van der Waals surface area contributed by atoms with E-state index in [1.807, 2.05) is 7.05 Å². The molecule has 2 fully saturated rings. The monoisotopic (exact) mass is 381 g/mol. The lowest BCUT2D eigenvalue weighted by atomic mass is 9.98. The lowest BCUT2D eigenvalue weighted by Crippen LogP contribution is -2.46. The van der Waals surface area contributed by atoms with Crippen LogP contribution in [-0.2, 0) is 4.74 Å². The Morgan fingerprint density at radius 2 is 1.59 bits per heavy atom. The molecule has 1 saturated carbocycles. The predicted molar refractivity (Wildman–Crippen MR) is 115 cm³/mol. The number of nitrogens with one attached hydrogen (secondary N) is 2. The van der Waals surface area contributed by atoms with Crippen molar-refractivity contribution in [2.75, 3.05) is 66.0 Å². The zero-order chi connectivity index (χ0) is 19.2. The molecule has 2 N–H and O–H groups in total. The predicted octanol–water partition coefficient (Wildman–Crippen LogP) is 2.31. The molecule has 2 rings (SSSR count). The van der Waals surface area contributed by atoms with Crippen molar-refractivity contribution in [3.63, 3.8) is 0 Å². The van der Waals surface area contributed by atoms with Gasteiger partial charge in [-0.25, -0.2) is 0 Å². The fourth-order valence-electron chi connectivity index (χ4n) is 3.98. The summed E-state index contributed by atoms with van der Waals surface area (Å²) in [4.78, 5) is 9.46. The minimum absolute atomic E-state index is 0.515. The van der Waals surface area contributed by atoms with Gasteiger partial charge < -0.3 is 25.2 Å². The molecular formula is C21H43N5O. The van der Waals surface area contributed by atoms with Gasteiger partial charge in [0.25, 0.3) is 0 Å². The third kappa shape index (κ3) is 9.77. The van der Waals surface area contributed by atoms with Gasteiger partial charge in [-0.05, 0) is 45.2 Å². The van der Waals surface area contributed by atoms with E-state index in [2.05, 4.69) is 32.3 Å². The number of guanidine groups is 1. The molecule has 158 valence electrons. The molecule has 1 aliphatic carbocycles. The van der Waals surface area contributed by atoms with Crippen molar-refractivity contribution < 1.29 is 4.74 Å². The summed E-state index contributed by atoms with van der Waals surface area (Å²) in [5.41, 5.74) is 0. The number of unbranched alkanes of at least 4 members (excludes halogenated alkanes) is 1. The van der Waals surface area contributed by atoms with Crippen molar-refractivity contribution in [3.8, 4) is 0 Å². The van der Waals surface area contributed by atoms with Crippen LogP contribution in [0, 0.1) is 0 Å². The maximum atomic E-state index is 5.97. The van der Waals surface area contributed by atoms with Crippen LogP contribution < -0.4 is 10.6 Å². The molecular weight excluding hydrogens is 338 g/mol. The van der Waals surface area contributed by atoms with Gasteiger partial charge >= 0.3 is 0 Å². The summed E-state index contributed by atoms with van der Waals surface area (Å²) in [6, 6.07) is 0. The van der Waals surface area contributed by atoms with Crippen LogP contribution in [0.4, 0.5) is 0 Å². The summed E-state index contributed by atoms with van der Waals surface area (Å²) in [6.07, 6.45) is 10.6. The average molecular weight is 382 g/mol. The summed E-state index contributed by atoms with van der Waals surface area (Å²) >= 11 is 0. The maximum Gasteiger partial charge on any atom is 0.190 e. The Labute approximate surface area is 167 Å². The van der Waals surface area contributed by atoms with E-state index in [1.54, 1.807) is 0 Å². The average Bonchev–Trinajstić information content (AvgIpc) is 2.73. The fourth-order valence-corrected chi connectivity index (χ4v) is 3.98. The summed E-state index contributed by atoms with van der Waals surface area (Å²) in [5, 5.41) is 6.84. The molecule has 0 unspecified atom stereocenters. The van der Waals surface area contributed by atoms with Gasteiger partial charge in [0.15, 0.2) is 5.96 Å². The Hall–Kier alpha value is -0.850. The van der Waals surface area contributed by atoms with Gasteiger partial charge in [0.1, 0.15) is 0 Å². The van der Waals surface area contributed by atoms with Gasteiger partial charge in [-0.2, -0.15) is 0 Å². The summed E-state index contributed by atoms with van der Waals surface area (Å²) < 4.78 is 5.97. The minimum atomic E-state index is 0.515. The van der Waals surface area contributed by atoms with E-state index in [0.29, 0.717) is 6.10 Å². The number of likely N-dealkylation sites (N-methyl/N-ethyl adjacent to an activating group) is 1. The summed E-state index contributed by atoms with van der Waals surface area (Å²) in [6.45, 7) is 12.4. The highest BCUT2D eigenvalue weighted by molar-refractivity contribution is 5.79. The van der Waals surface area contributed by atoms with Gasteiger partial charge in [-0.3, -0.25) is 4.99 Å². The van der Waals surface area contributed by atoms with E-state index in [4.69, 9.17) is 4.74 Å². The first-order valence-electron chi connectivity index (χ1n) is 11.3. The number of rotatable bonds is 11. The molecule has 1 aliphatic heterocycles. The van der Waals surface area contributed by atoms with Crippen molar-refractivity contribution >= 4 is 5.96 Å². The number of hydrogen-bond acceptors (Lipinski definition) is 4. The van der Waals surface area contributed by atoms with Crippen LogP contribution in [0.2, 0.25) is 0 Å². The van der Waals surface area contributed by atoms with E-state index >= 15 is 0 Å². The molecule has 27 heavy (non-hydrogen) atoms. The third-order valence-electron chi connectivity index (χ3n) is 5.85. The molecule has 0 spiro atoms. The van der Waals surface area contributed by atoms with Gasteiger partial charge in [0.05, 0.1) is 6.10 Å². The Bertz CT molecular complexity index is 390. The van der Waals surface area contributed by atoms with E-state index in [9.17, 15) is 0 Å². The Morgan fingerprint density at radius 3 is 2.26 bits per heavy atom. The second-order valence-electron chi connectivity index (χ2n) is 7.89. The highest BCUT2D eigenvalue weighted by atomic mass is 16.5. The van der Waals surface area contributed by atoms with Crippen LogP contribution >= 0.6 is 0 Å². The van der Waals surface area contributed by atoms with Crippen LogP contribution in [0.5, 0.6) is 0 Å². The van der Waals surface area contributed by atoms with Crippen molar-refractivity contribution in [1.82, 2.24) is 20.4 Å². The number of nitrogens with zero attached hydrogens (tertiary/aromatic N) is 3. The zero-order valence-corrected chi connectivity index (χ0v) is 17.8. The Kier molecular flexibility index (Phi) is 11.8. The summed E-state index contributed by atoms with van der Waals surface area (Å²) in [5.74, 6) is 0.921. The summed E-state index contributed by atoms with van der Waals surface area (Å²) in [7, 11) is 1.85. The molecule has 1 saturated heterocycles. The molecule has 6 heteroatoms. The van der Waals surface area contributed by atoms with Gasteiger partial charge in [-0.1, -0.05) is 26.2 Å². The molecule has 2 aliphatic rings.